The van der Waals surface area contributed by atoms with Crippen LogP contribution < -0.4 is 0 Å². The highest BCUT2D eigenvalue weighted by atomic mass is 16.2. The van der Waals surface area contributed by atoms with Crippen LogP contribution in [-0.4, -0.2) is 48.7 Å². The van der Waals surface area contributed by atoms with Crippen molar-refractivity contribution in [2.45, 2.75) is 44.9 Å². The molecule has 0 unspecified atom stereocenters. The van der Waals surface area contributed by atoms with E-state index in [9.17, 15) is 4.79 Å². The summed E-state index contributed by atoms with van der Waals surface area (Å²) < 4.78 is 1.88. The number of carbonyl (C=O) groups excluding carboxylic acids is 1. The van der Waals surface area contributed by atoms with Gasteiger partial charge in [-0.15, -0.1) is 10.2 Å². The number of pyridine rings is 1. The number of likely N-dealkylation sites (tertiary alicyclic amines) is 1. The molecule has 1 saturated heterocycles. The molecule has 0 radical (unpaired) electrons. The topological polar surface area (TPSA) is 76.3 Å². The zero-order chi connectivity index (χ0) is 19.0. The summed E-state index contributed by atoms with van der Waals surface area (Å²) in [5, 5.41) is 13.5. The van der Waals surface area contributed by atoms with Crippen LogP contribution in [0, 0.1) is 0 Å². The van der Waals surface area contributed by atoms with Crippen LogP contribution >= 0.6 is 0 Å². The van der Waals surface area contributed by atoms with Gasteiger partial charge in [-0.2, -0.15) is 9.61 Å². The van der Waals surface area contributed by atoms with E-state index < -0.39 is 0 Å². The number of hydrogen-bond donors (Lipinski definition) is 0. The van der Waals surface area contributed by atoms with Crippen molar-refractivity contribution in [1.82, 2.24) is 29.7 Å². The average molecular weight is 364 g/mol. The first-order valence-corrected chi connectivity index (χ1v) is 9.35. The molecule has 140 valence electrons. The Hall–Kier alpha value is -2.83. The summed E-state index contributed by atoms with van der Waals surface area (Å²) in [4.78, 5) is 18.5. The third-order valence-corrected chi connectivity index (χ3v) is 5.13. The van der Waals surface area contributed by atoms with E-state index in [1.54, 1.807) is 24.5 Å². The molecule has 4 heterocycles. The third kappa shape index (κ3) is 3.41. The summed E-state index contributed by atoms with van der Waals surface area (Å²) in [7, 11) is 0. The molecule has 4 rings (SSSR count). The number of hydrogen-bond acceptors (Lipinski definition) is 5. The number of piperidine rings is 1. The minimum atomic E-state index is -0.0317. The molecule has 3 aromatic rings. The van der Waals surface area contributed by atoms with Gasteiger partial charge in [0.1, 0.15) is 0 Å². The fraction of sp³-hybridized carbons (Fsp3) is 0.450. The highest BCUT2D eigenvalue weighted by Crippen LogP contribution is 2.28. The van der Waals surface area contributed by atoms with Crippen molar-refractivity contribution in [2.24, 2.45) is 0 Å². The zero-order valence-corrected chi connectivity index (χ0v) is 16.0. The van der Waals surface area contributed by atoms with E-state index in [1.165, 1.54) is 0 Å². The van der Waals surface area contributed by atoms with Gasteiger partial charge in [0.2, 0.25) is 0 Å². The first-order valence-electron chi connectivity index (χ1n) is 9.35. The van der Waals surface area contributed by atoms with Gasteiger partial charge < -0.3 is 4.90 Å². The molecule has 0 atom stereocenters. The van der Waals surface area contributed by atoms with E-state index in [-0.39, 0.29) is 17.2 Å². The Labute approximate surface area is 158 Å². The maximum absolute atomic E-state index is 12.6. The summed E-state index contributed by atoms with van der Waals surface area (Å²) in [6.07, 6.45) is 5.03. The molecule has 1 fully saturated rings. The van der Waals surface area contributed by atoms with E-state index in [2.05, 4.69) is 36.0 Å². The number of carbonyl (C=O) groups is 1. The van der Waals surface area contributed by atoms with Gasteiger partial charge >= 0.3 is 0 Å². The summed E-state index contributed by atoms with van der Waals surface area (Å²) in [6.45, 7) is 7.86. The number of aromatic nitrogens is 5. The van der Waals surface area contributed by atoms with Crippen molar-refractivity contribution in [3.63, 3.8) is 0 Å². The van der Waals surface area contributed by atoms with Gasteiger partial charge in [0.25, 0.3) is 5.91 Å². The van der Waals surface area contributed by atoms with Crippen LogP contribution in [0.15, 0.2) is 36.7 Å². The molecular weight excluding hydrogens is 340 g/mol. The van der Waals surface area contributed by atoms with Crippen LogP contribution in [0.3, 0.4) is 0 Å². The van der Waals surface area contributed by atoms with Gasteiger partial charge in [-0.3, -0.25) is 9.78 Å². The quantitative estimate of drug-likeness (QED) is 0.699. The van der Waals surface area contributed by atoms with Gasteiger partial charge in [-0.1, -0.05) is 20.8 Å². The lowest BCUT2D eigenvalue weighted by atomic mass is 9.92. The monoisotopic (exact) mass is 364 g/mol. The Morgan fingerprint density at radius 1 is 1.04 bits per heavy atom. The Bertz CT molecular complexity index is 952. The Kier molecular flexibility index (Phi) is 4.37. The van der Waals surface area contributed by atoms with E-state index in [1.807, 2.05) is 21.5 Å². The fourth-order valence-corrected chi connectivity index (χ4v) is 3.48. The molecule has 7 nitrogen and oxygen atoms in total. The van der Waals surface area contributed by atoms with Crippen molar-refractivity contribution in [3.05, 3.63) is 53.7 Å². The Balaban J connectivity index is 1.52. The smallest absolute Gasteiger partial charge is 0.253 e. The van der Waals surface area contributed by atoms with Gasteiger partial charge in [-0.05, 0) is 37.1 Å². The summed E-state index contributed by atoms with van der Waals surface area (Å²) in [6, 6.07) is 7.52. The van der Waals surface area contributed by atoms with Crippen LogP contribution in [0.25, 0.3) is 5.65 Å². The molecule has 1 amide bonds. The SMILES string of the molecule is CC(C)(C)c1ccc2nnc(C3CCN(C(=O)c4ccncc4)CC3)n2n1. The first-order chi connectivity index (χ1) is 12.9. The van der Waals surface area contributed by atoms with Crippen molar-refractivity contribution in [1.29, 1.82) is 0 Å². The van der Waals surface area contributed by atoms with Gasteiger partial charge in [-0.25, -0.2) is 0 Å². The van der Waals surface area contributed by atoms with Crippen molar-refractivity contribution < 1.29 is 4.79 Å². The Morgan fingerprint density at radius 2 is 1.74 bits per heavy atom. The maximum atomic E-state index is 12.6. The lowest BCUT2D eigenvalue weighted by molar-refractivity contribution is 0.0710. The zero-order valence-electron chi connectivity index (χ0n) is 16.0. The summed E-state index contributed by atoms with van der Waals surface area (Å²) >= 11 is 0. The highest BCUT2D eigenvalue weighted by Gasteiger charge is 2.28. The minimum absolute atomic E-state index is 0.0317. The molecule has 0 aliphatic carbocycles. The molecule has 0 aromatic carbocycles. The predicted octanol–water partition coefficient (Wildman–Crippen LogP) is 2.84. The van der Waals surface area contributed by atoms with Gasteiger partial charge in [0.15, 0.2) is 11.5 Å². The van der Waals surface area contributed by atoms with Crippen LogP contribution in [0.2, 0.25) is 0 Å². The molecule has 0 N–H and O–H groups in total. The second kappa shape index (κ2) is 6.72. The molecule has 27 heavy (non-hydrogen) atoms. The number of amides is 1. The summed E-state index contributed by atoms with van der Waals surface area (Å²) in [5.41, 5.74) is 2.44. The lowest BCUT2D eigenvalue weighted by Gasteiger charge is -2.31. The van der Waals surface area contributed by atoms with E-state index in [4.69, 9.17) is 5.10 Å². The van der Waals surface area contributed by atoms with Crippen molar-refractivity contribution in [3.8, 4) is 0 Å². The molecule has 7 heteroatoms. The van der Waals surface area contributed by atoms with Crippen LogP contribution in [-0.2, 0) is 5.41 Å². The maximum Gasteiger partial charge on any atom is 0.253 e. The standard InChI is InChI=1S/C20H24N6O/c1-20(2,3)16-4-5-17-22-23-18(26(17)24-16)14-8-12-25(13-9-14)19(27)15-6-10-21-11-7-15/h4-7,10-11,14H,8-9,12-13H2,1-3H3. The molecule has 1 aliphatic rings. The average Bonchev–Trinajstić information content (AvgIpc) is 3.11. The molecule has 1 aliphatic heterocycles. The Morgan fingerprint density at radius 3 is 2.41 bits per heavy atom. The molecular formula is C20H24N6O. The van der Waals surface area contributed by atoms with Crippen LogP contribution in [0.5, 0.6) is 0 Å². The predicted molar refractivity (Wildman–Crippen MR) is 102 cm³/mol. The van der Waals surface area contributed by atoms with Gasteiger partial charge in [0, 0.05) is 42.4 Å². The molecule has 0 spiro atoms. The van der Waals surface area contributed by atoms with E-state index in [0.717, 1.165) is 30.0 Å². The minimum Gasteiger partial charge on any atom is -0.339 e. The van der Waals surface area contributed by atoms with Crippen LogP contribution in [0.1, 0.15) is 61.4 Å². The van der Waals surface area contributed by atoms with E-state index >= 15 is 0 Å². The molecule has 0 saturated carbocycles. The van der Waals surface area contributed by atoms with Crippen molar-refractivity contribution in [2.75, 3.05) is 13.1 Å². The molecule has 0 bridgehead atoms. The largest absolute Gasteiger partial charge is 0.339 e. The highest BCUT2D eigenvalue weighted by molar-refractivity contribution is 5.94. The number of fused-ring (bicyclic) bond motifs is 1. The normalized spacial score (nSPS) is 16.0. The second-order valence-corrected chi connectivity index (χ2v) is 8.10. The first kappa shape index (κ1) is 17.6. The van der Waals surface area contributed by atoms with Gasteiger partial charge in [0.05, 0.1) is 5.69 Å². The number of rotatable bonds is 2. The summed E-state index contributed by atoms with van der Waals surface area (Å²) in [5.74, 6) is 1.21. The fourth-order valence-electron chi connectivity index (χ4n) is 3.48. The molecule has 3 aromatic heterocycles. The third-order valence-electron chi connectivity index (χ3n) is 5.13. The number of nitrogens with zero attached hydrogens (tertiary/aromatic N) is 6. The van der Waals surface area contributed by atoms with Crippen molar-refractivity contribution >= 4 is 11.6 Å². The second-order valence-electron chi connectivity index (χ2n) is 8.10. The van der Waals surface area contributed by atoms with Crippen LogP contribution in [0.4, 0.5) is 0 Å². The van der Waals surface area contributed by atoms with E-state index in [0.29, 0.717) is 18.7 Å². The lowest BCUT2D eigenvalue weighted by Crippen LogP contribution is -2.38.